The minimum absolute atomic E-state index is 0.727. The maximum absolute atomic E-state index is 3.92. The molecule has 0 heteroatoms. The standard InChI is InChI=1S/C14H24/c1-2-14-12-10-8-6-4-3-5-7-9-11-13-14/h2,8,10,14H,1,3-7,9,11-13H2/b10-8+. The lowest BCUT2D eigenvalue weighted by atomic mass is 9.96. The summed E-state index contributed by atoms with van der Waals surface area (Å²) in [4.78, 5) is 0. The molecule has 14 heavy (non-hydrogen) atoms. The van der Waals surface area contributed by atoms with Crippen molar-refractivity contribution in [1.29, 1.82) is 0 Å². The minimum Gasteiger partial charge on any atom is -0.103 e. The van der Waals surface area contributed by atoms with Crippen LogP contribution in [0, 0.1) is 5.92 Å². The van der Waals surface area contributed by atoms with Crippen LogP contribution in [0.15, 0.2) is 24.8 Å². The summed E-state index contributed by atoms with van der Waals surface area (Å²) >= 11 is 0. The number of hydrogen-bond acceptors (Lipinski definition) is 0. The van der Waals surface area contributed by atoms with Gasteiger partial charge in [-0.1, -0.05) is 50.3 Å². The van der Waals surface area contributed by atoms with Crippen LogP contribution in [0.3, 0.4) is 0 Å². The molecule has 0 aromatic carbocycles. The summed E-state index contributed by atoms with van der Waals surface area (Å²) in [5.74, 6) is 0.727. The third kappa shape index (κ3) is 5.26. The molecule has 0 aromatic rings. The van der Waals surface area contributed by atoms with Gasteiger partial charge in [0.25, 0.3) is 0 Å². The molecule has 0 aliphatic heterocycles. The van der Waals surface area contributed by atoms with Crippen LogP contribution < -0.4 is 0 Å². The summed E-state index contributed by atoms with van der Waals surface area (Å²) in [5.41, 5.74) is 0. The quantitative estimate of drug-likeness (QED) is 0.520. The first-order valence-corrected chi connectivity index (χ1v) is 6.21. The molecule has 0 heterocycles. The van der Waals surface area contributed by atoms with E-state index >= 15 is 0 Å². The van der Waals surface area contributed by atoms with Crippen molar-refractivity contribution in [2.75, 3.05) is 0 Å². The third-order valence-corrected chi connectivity index (χ3v) is 3.13. The van der Waals surface area contributed by atoms with Crippen molar-refractivity contribution < 1.29 is 0 Å². The van der Waals surface area contributed by atoms with Crippen molar-refractivity contribution in [3.63, 3.8) is 0 Å². The zero-order valence-electron chi connectivity index (χ0n) is 9.38. The Morgan fingerprint density at radius 1 is 0.929 bits per heavy atom. The van der Waals surface area contributed by atoms with Gasteiger partial charge in [-0.2, -0.15) is 0 Å². The molecule has 1 rings (SSSR count). The van der Waals surface area contributed by atoms with Crippen molar-refractivity contribution in [2.24, 2.45) is 5.92 Å². The Hall–Kier alpha value is -0.520. The average molecular weight is 192 g/mol. The molecule has 0 saturated carbocycles. The Morgan fingerprint density at radius 2 is 1.64 bits per heavy atom. The molecule has 1 aliphatic carbocycles. The first kappa shape index (κ1) is 11.6. The largest absolute Gasteiger partial charge is 0.103 e. The molecule has 0 aromatic heterocycles. The maximum Gasteiger partial charge on any atom is -0.0202 e. The van der Waals surface area contributed by atoms with E-state index in [1.54, 1.807) is 0 Å². The normalized spacial score (nSPS) is 28.4. The van der Waals surface area contributed by atoms with Crippen LogP contribution in [0.2, 0.25) is 0 Å². The van der Waals surface area contributed by atoms with E-state index in [9.17, 15) is 0 Å². The molecule has 1 aliphatic rings. The van der Waals surface area contributed by atoms with Gasteiger partial charge in [0.1, 0.15) is 0 Å². The van der Waals surface area contributed by atoms with Gasteiger partial charge >= 0.3 is 0 Å². The fraction of sp³-hybridized carbons (Fsp3) is 0.714. The summed E-state index contributed by atoms with van der Waals surface area (Å²) in [5, 5.41) is 0. The molecule has 1 unspecified atom stereocenters. The van der Waals surface area contributed by atoms with E-state index in [0.717, 1.165) is 5.92 Å². The molecular formula is C14H24. The summed E-state index contributed by atoms with van der Waals surface area (Å²) in [6.45, 7) is 3.92. The molecule has 0 radical (unpaired) electrons. The highest BCUT2D eigenvalue weighted by Gasteiger charge is 2.02. The van der Waals surface area contributed by atoms with Gasteiger partial charge in [0, 0.05) is 0 Å². The first-order valence-electron chi connectivity index (χ1n) is 6.21. The summed E-state index contributed by atoms with van der Waals surface area (Å²) in [6, 6.07) is 0. The fourth-order valence-electron chi connectivity index (χ4n) is 2.10. The molecule has 1 atom stereocenters. The van der Waals surface area contributed by atoms with Crippen LogP contribution in [-0.4, -0.2) is 0 Å². The summed E-state index contributed by atoms with van der Waals surface area (Å²) < 4.78 is 0. The van der Waals surface area contributed by atoms with Gasteiger partial charge in [-0.15, -0.1) is 6.58 Å². The number of rotatable bonds is 1. The highest BCUT2D eigenvalue weighted by atomic mass is 14.1. The average Bonchev–Trinajstić information content (AvgIpc) is 2.19. The van der Waals surface area contributed by atoms with Gasteiger partial charge < -0.3 is 0 Å². The van der Waals surface area contributed by atoms with Crippen LogP contribution in [-0.2, 0) is 0 Å². The van der Waals surface area contributed by atoms with E-state index in [1.807, 2.05) is 0 Å². The van der Waals surface area contributed by atoms with E-state index < -0.39 is 0 Å². The fourth-order valence-corrected chi connectivity index (χ4v) is 2.10. The number of hydrogen-bond donors (Lipinski definition) is 0. The zero-order chi connectivity index (χ0) is 10.1. The van der Waals surface area contributed by atoms with E-state index in [0.29, 0.717) is 0 Å². The van der Waals surface area contributed by atoms with Crippen LogP contribution in [0.25, 0.3) is 0 Å². The smallest absolute Gasteiger partial charge is 0.0202 e. The summed E-state index contributed by atoms with van der Waals surface area (Å²) in [7, 11) is 0. The molecule has 0 bridgehead atoms. The van der Waals surface area contributed by atoms with E-state index in [4.69, 9.17) is 0 Å². The van der Waals surface area contributed by atoms with E-state index in [2.05, 4.69) is 24.8 Å². The van der Waals surface area contributed by atoms with E-state index in [-0.39, 0.29) is 0 Å². The summed E-state index contributed by atoms with van der Waals surface area (Å²) in [6.07, 6.45) is 19.2. The second-order valence-corrected chi connectivity index (χ2v) is 4.40. The Kier molecular flexibility index (Phi) is 6.47. The topological polar surface area (TPSA) is 0 Å². The second kappa shape index (κ2) is 7.84. The molecule has 0 N–H and O–H groups in total. The molecule has 0 amide bonds. The van der Waals surface area contributed by atoms with Crippen LogP contribution in [0.1, 0.15) is 57.8 Å². The second-order valence-electron chi connectivity index (χ2n) is 4.40. The van der Waals surface area contributed by atoms with Gasteiger partial charge in [0.15, 0.2) is 0 Å². The number of allylic oxidation sites excluding steroid dienone is 3. The van der Waals surface area contributed by atoms with Gasteiger partial charge in [-0.25, -0.2) is 0 Å². The minimum atomic E-state index is 0.727. The molecule has 0 spiro atoms. The first-order chi connectivity index (χ1) is 6.93. The van der Waals surface area contributed by atoms with Crippen molar-refractivity contribution in [3.8, 4) is 0 Å². The molecule has 0 saturated heterocycles. The molecule has 0 nitrogen and oxygen atoms in total. The lowest BCUT2D eigenvalue weighted by Gasteiger charge is -2.10. The Balaban J connectivity index is 2.31. The highest BCUT2D eigenvalue weighted by molar-refractivity contribution is 4.90. The predicted octanol–water partition coefficient (Wildman–Crippen LogP) is 4.87. The lowest BCUT2D eigenvalue weighted by Crippen LogP contribution is -1.95. The van der Waals surface area contributed by atoms with Crippen molar-refractivity contribution >= 4 is 0 Å². The van der Waals surface area contributed by atoms with Crippen molar-refractivity contribution in [2.45, 2.75) is 57.8 Å². The third-order valence-electron chi connectivity index (χ3n) is 3.13. The van der Waals surface area contributed by atoms with Crippen molar-refractivity contribution in [1.82, 2.24) is 0 Å². The predicted molar refractivity (Wildman–Crippen MR) is 64.4 cm³/mol. The lowest BCUT2D eigenvalue weighted by molar-refractivity contribution is 0.516. The Bertz CT molecular complexity index is 167. The van der Waals surface area contributed by atoms with Gasteiger partial charge in [0.2, 0.25) is 0 Å². The zero-order valence-corrected chi connectivity index (χ0v) is 9.38. The van der Waals surface area contributed by atoms with Crippen LogP contribution in [0.5, 0.6) is 0 Å². The van der Waals surface area contributed by atoms with Gasteiger partial charge in [-0.05, 0) is 31.6 Å². The van der Waals surface area contributed by atoms with Gasteiger partial charge in [0.05, 0.1) is 0 Å². The van der Waals surface area contributed by atoms with Gasteiger partial charge in [-0.3, -0.25) is 0 Å². The molecule has 80 valence electrons. The SMILES string of the molecule is C=CC1C/C=C/CCCCCCCC1. The van der Waals surface area contributed by atoms with E-state index in [1.165, 1.54) is 57.8 Å². The Morgan fingerprint density at radius 3 is 2.43 bits per heavy atom. The molecular weight excluding hydrogens is 168 g/mol. The maximum atomic E-state index is 3.92. The monoisotopic (exact) mass is 192 g/mol. The molecule has 0 fully saturated rings. The highest BCUT2D eigenvalue weighted by Crippen LogP contribution is 2.18. The Labute approximate surface area is 89.1 Å². The van der Waals surface area contributed by atoms with Crippen LogP contribution in [0.4, 0.5) is 0 Å². The van der Waals surface area contributed by atoms with Crippen LogP contribution >= 0.6 is 0 Å². The van der Waals surface area contributed by atoms with Crippen molar-refractivity contribution in [3.05, 3.63) is 24.8 Å².